The molecule has 1 rings (SSSR count). The number of nitrogens with zero attached hydrogens (tertiary/aromatic N) is 1. The molecule has 0 saturated carbocycles. The van der Waals surface area contributed by atoms with Gasteiger partial charge in [-0.2, -0.15) is 0 Å². The summed E-state index contributed by atoms with van der Waals surface area (Å²) < 4.78 is 5.38. The molecule has 4 nitrogen and oxygen atoms in total. The van der Waals surface area contributed by atoms with Crippen LogP contribution in [0.1, 0.15) is 47.5 Å². The van der Waals surface area contributed by atoms with Crippen molar-refractivity contribution in [2.24, 2.45) is 5.92 Å². The number of carbonyl (C=O) groups is 1. The smallest absolute Gasteiger partial charge is 0.410 e. The fourth-order valence-corrected chi connectivity index (χ4v) is 2.20. The predicted octanol–water partition coefficient (Wildman–Crippen LogP) is 2.40. The summed E-state index contributed by atoms with van der Waals surface area (Å²) in [6.45, 7) is 10.2. The van der Waals surface area contributed by atoms with Crippen molar-refractivity contribution in [2.45, 2.75) is 65.2 Å². The van der Waals surface area contributed by atoms with Crippen molar-refractivity contribution in [2.75, 3.05) is 6.54 Å². The highest BCUT2D eigenvalue weighted by Crippen LogP contribution is 2.26. The van der Waals surface area contributed by atoms with Crippen molar-refractivity contribution in [1.29, 1.82) is 0 Å². The average Bonchev–Trinajstić information content (AvgIpc) is 2.14. The zero-order chi connectivity index (χ0) is 13.2. The molecule has 1 fully saturated rings. The number of aliphatic hydroxyl groups is 1. The van der Waals surface area contributed by atoms with Crippen molar-refractivity contribution in [3.05, 3.63) is 0 Å². The maximum absolute atomic E-state index is 12.0. The molecular formula is C13H25NO3. The maximum Gasteiger partial charge on any atom is 0.410 e. The Morgan fingerprint density at radius 3 is 2.53 bits per heavy atom. The lowest BCUT2D eigenvalue weighted by atomic mass is 9.89. The number of likely N-dealkylation sites (tertiary alicyclic amines) is 1. The van der Waals surface area contributed by atoms with E-state index >= 15 is 0 Å². The van der Waals surface area contributed by atoms with Crippen LogP contribution in [0.5, 0.6) is 0 Å². The highest BCUT2D eigenvalue weighted by molar-refractivity contribution is 5.68. The molecule has 0 aromatic rings. The van der Waals surface area contributed by atoms with E-state index in [2.05, 4.69) is 0 Å². The van der Waals surface area contributed by atoms with E-state index in [1.165, 1.54) is 0 Å². The van der Waals surface area contributed by atoms with Gasteiger partial charge in [0.15, 0.2) is 0 Å². The van der Waals surface area contributed by atoms with E-state index in [1.807, 2.05) is 34.6 Å². The number of carbonyl (C=O) groups excluding carboxylic acids is 1. The molecule has 17 heavy (non-hydrogen) atoms. The van der Waals surface area contributed by atoms with Gasteiger partial charge in [0, 0.05) is 18.5 Å². The van der Waals surface area contributed by atoms with Gasteiger partial charge in [-0.15, -0.1) is 0 Å². The zero-order valence-electron chi connectivity index (χ0n) is 11.6. The van der Waals surface area contributed by atoms with E-state index in [-0.39, 0.29) is 24.2 Å². The third-order valence-corrected chi connectivity index (χ3v) is 3.24. The van der Waals surface area contributed by atoms with Crippen LogP contribution in [0.25, 0.3) is 0 Å². The first-order valence-corrected chi connectivity index (χ1v) is 6.42. The molecule has 4 heteroatoms. The van der Waals surface area contributed by atoms with Crippen molar-refractivity contribution < 1.29 is 14.6 Å². The second kappa shape index (κ2) is 5.25. The molecule has 0 aromatic carbocycles. The van der Waals surface area contributed by atoms with Crippen LogP contribution in [0.15, 0.2) is 0 Å². The number of aliphatic hydroxyl groups excluding tert-OH is 1. The highest BCUT2D eigenvalue weighted by Gasteiger charge is 2.35. The summed E-state index contributed by atoms with van der Waals surface area (Å²) in [6, 6.07) is 0.0441. The second-order valence-electron chi connectivity index (χ2n) is 5.95. The number of hydrogen-bond donors (Lipinski definition) is 1. The molecule has 1 heterocycles. The number of rotatable bonds is 1. The van der Waals surface area contributed by atoms with Gasteiger partial charge in [0.25, 0.3) is 0 Å². The largest absolute Gasteiger partial charge is 0.444 e. The highest BCUT2D eigenvalue weighted by atomic mass is 16.6. The molecule has 0 radical (unpaired) electrons. The normalized spacial score (nSPS) is 30.2. The summed E-state index contributed by atoms with van der Waals surface area (Å²) in [7, 11) is 0. The first-order valence-electron chi connectivity index (χ1n) is 6.42. The van der Waals surface area contributed by atoms with Crippen molar-refractivity contribution in [1.82, 2.24) is 4.90 Å². The molecule has 0 bridgehead atoms. The molecule has 3 atom stereocenters. The van der Waals surface area contributed by atoms with Gasteiger partial charge in [0.1, 0.15) is 5.60 Å². The summed E-state index contributed by atoms with van der Waals surface area (Å²) in [5, 5.41) is 9.89. The van der Waals surface area contributed by atoms with E-state index < -0.39 is 5.60 Å². The molecule has 1 aliphatic rings. The number of ether oxygens (including phenoxy) is 1. The predicted molar refractivity (Wildman–Crippen MR) is 66.8 cm³/mol. The van der Waals surface area contributed by atoms with Crippen molar-refractivity contribution in [3.8, 4) is 0 Å². The SMILES string of the molecule is CC[C@@H]1CN(C(=O)OC(C)(C)C)[C@H](C)C[C@@H]1O. The summed E-state index contributed by atoms with van der Waals surface area (Å²) >= 11 is 0. The quantitative estimate of drug-likeness (QED) is 0.769. The Bertz CT molecular complexity index is 272. The van der Waals surface area contributed by atoms with Crippen LogP contribution in [0.2, 0.25) is 0 Å². The van der Waals surface area contributed by atoms with E-state index in [0.29, 0.717) is 13.0 Å². The summed E-state index contributed by atoms with van der Waals surface area (Å²) in [6.07, 6.45) is 0.953. The van der Waals surface area contributed by atoms with E-state index in [9.17, 15) is 9.90 Å². The van der Waals surface area contributed by atoms with Gasteiger partial charge >= 0.3 is 6.09 Å². The molecule has 1 aliphatic heterocycles. The molecule has 100 valence electrons. The van der Waals surface area contributed by atoms with Crippen LogP contribution in [0.4, 0.5) is 4.79 Å². The Labute approximate surface area is 104 Å². The van der Waals surface area contributed by atoms with Gasteiger partial charge < -0.3 is 14.7 Å². The van der Waals surface area contributed by atoms with E-state index in [4.69, 9.17) is 4.74 Å². The minimum absolute atomic E-state index is 0.0441. The molecule has 0 spiro atoms. The topological polar surface area (TPSA) is 49.8 Å². The van der Waals surface area contributed by atoms with Gasteiger partial charge in [0.2, 0.25) is 0 Å². The lowest BCUT2D eigenvalue weighted by Gasteiger charge is -2.41. The summed E-state index contributed by atoms with van der Waals surface area (Å²) in [5.41, 5.74) is -0.464. The molecule has 0 unspecified atom stereocenters. The Balaban J connectivity index is 2.66. The average molecular weight is 243 g/mol. The first-order chi connectivity index (χ1) is 7.74. The summed E-state index contributed by atoms with van der Waals surface area (Å²) in [5.74, 6) is 0.165. The number of hydrogen-bond acceptors (Lipinski definition) is 3. The number of amides is 1. The first kappa shape index (κ1) is 14.3. The molecule has 0 aliphatic carbocycles. The lowest BCUT2D eigenvalue weighted by molar-refractivity contribution is -0.0271. The van der Waals surface area contributed by atoms with Crippen molar-refractivity contribution >= 4 is 6.09 Å². The van der Waals surface area contributed by atoms with Gasteiger partial charge in [0.05, 0.1) is 6.10 Å². The lowest BCUT2D eigenvalue weighted by Crippen LogP contribution is -2.52. The maximum atomic E-state index is 12.0. The Morgan fingerprint density at radius 2 is 2.06 bits per heavy atom. The molecule has 1 saturated heterocycles. The van der Waals surface area contributed by atoms with Crippen LogP contribution >= 0.6 is 0 Å². The van der Waals surface area contributed by atoms with Gasteiger partial charge in [-0.3, -0.25) is 0 Å². The fourth-order valence-electron chi connectivity index (χ4n) is 2.20. The van der Waals surface area contributed by atoms with Crippen LogP contribution in [0, 0.1) is 5.92 Å². The van der Waals surface area contributed by atoms with E-state index in [1.54, 1.807) is 4.90 Å². The van der Waals surface area contributed by atoms with Crippen LogP contribution in [0.3, 0.4) is 0 Å². The molecule has 0 aromatic heterocycles. The monoisotopic (exact) mass is 243 g/mol. The molecule has 1 amide bonds. The Kier molecular flexibility index (Phi) is 4.42. The third kappa shape index (κ3) is 3.87. The van der Waals surface area contributed by atoms with E-state index in [0.717, 1.165) is 6.42 Å². The zero-order valence-corrected chi connectivity index (χ0v) is 11.6. The Hall–Kier alpha value is -0.770. The van der Waals surface area contributed by atoms with Gasteiger partial charge in [-0.25, -0.2) is 4.79 Å². The van der Waals surface area contributed by atoms with Crippen LogP contribution < -0.4 is 0 Å². The number of piperidine rings is 1. The minimum Gasteiger partial charge on any atom is -0.444 e. The second-order valence-corrected chi connectivity index (χ2v) is 5.95. The van der Waals surface area contributed by atoms with Gasteiger partial charge in [-0.05, 0) is 40.5 Å². The minimum atomic E-state index is -0.464. The van der Waals surface area contributed by atoms with Crippen molar-refractivity contribution in [3.63, 3.8) is 0 Å². The Morgan fingerprint density at radius 1 is 1.47 bits per heavy atom. The third-order valence-electron chi connectivity index (χ3n) is 3.24. The standard InChI is InChI=1S/C13H25NO3/c1-6-10-8-14(9(2)7-11(10)15)12(16)17-13(3,4)5/h9-11,15H,6-8H2,1-5H3/t9-,10-,11+/m1/s1. The van der Waals surface area contributed by atoms with Crippen LogP contribution in [-0.4, -0.2) is 40.4 Å². The van der Waals surface area contributed by atoms with Crippen LogP contribution in [-0.2, 0) is 4.74 Å². The molecule has 1 N–H and O–H groups in total. The molecular weight excluding hydrogens is 218 g/mol. The van der Waals surface area contributed by atoms with Gasteiger partial charge in [-0.1, -0.05) is 6.92 Å². The summed E-state index contributed by atoms with van der Waals surface area (Å²) in [4.78, 5) is 13.8. The fraction of sp³-hybridized carbons (Fsp3) is 0.923.